The van der Waals surface area contributed by atoms with Crippen LogP contribution < -0.4 is 5.32 Å². The van der Waals surface area contributed by atoms with Crippen LogP contribution in [0, 0.1) is 3.57 Å². The highest BCUT2D eigenvalue weighted by Crippen LogP contribution is 2.07. The van der Waals surface area contributed by atoms with E-state index in [-0.39, 0.29) is 5.56 Å². The molecule has 18 heavy (non-hydrogen) atoms. The molecule has 1 atom stereocenters. The summed E-state index contributed by atoms with van der Waals surface area (Å²) in [5.74, 6) is -3.28. The lowest BCUT2D eigenvalue weighted by atomic mass is 10.1. The lowest BCUT2D eigenvalue weighted by molar-refractivity contribution is -0.145. The lowest BCUT2D eigenvalue weighted by Crippen LogP contribution is -2.42. The molecule has 6 nitrogen and oxygen atoms in total. The summed E-state index contributed by atoms with van der Waals surface area (Å²) in [6, 6.07) is 5.03. The third-order valence-electron chi connectivity index (χ3n) is 2.09. The maximum Gasteiger partial charge on any atom is 0.326 e. The van der Waals surface area contributed by atoms with Gasteiger partial charge in [-0.15, -0.1) is 0 Å². The Morgan fingerprint density at radius 1 is 1.17 bits per heavy atom. The fraction of sp³-hybridized carbons (Fsp3) is 0.182. The van der Waals surface area contributed by atoms with Gasteiger partial charge in [0.1, 0.15) is 6.04 Å². The number of rotatable bonds is 5. The highest BCUT2D eigenvalue weighted by Gasteiger charge is 2.23. The van der Waals surface area contributed by atoms with E-state index in [0.717, 1.165) is 3.57 Å². The molecule has 7 heteroatoms. The second-order valence-electron chi connectivity index (χ2n) is 3.47. The van der Waals surface area contributed by atoms with Crippen LogP contribution in [0.5, 0.6) is 0 Å². The molecule has 96 valence electrons. The number of hydrogen-bond donors (Lipinski definition) is 3. The minimum Gasteiger partial charge on any atom is -0.481 e. The summed E-state index contributed by atoms with van der Waals surface area (Å²) in [6.07, 6.45) is -0.661. The van der Waals surface area contributed by atoms with E-state index in [9.17, 15) is 14.4 Å². The normalized spacial score (nSPS) is 11.6. The van der Waals surface area contributed by atoms with Crippen molar-refractivity contribution in [2.75, 3.05) is 0 Å². The number of carbonyl (C=O) groups is 3. The quantitative estimate of drug-likeness (QED) is 0.676. The van der Waals surface area contributed by atoms with Gasteiger partial charge in [0.15, 0.2) is 0 Å². The average molecular weight is 363 g/mol. The van der Waals surface area contributed by atoms with Crippen molar-refractivity contribution in [1.82, 2.24) is 5.32 Å². The van der Waals surface area contributed by atoms with E-state index < -0.39 is 30.3 Å². The molecule has 0 heterocycles. The van der Waals surface area contributed by atoms with Crippen molar-refractivity contribution < 1.29 is 24.6 Å². The van der Waals surface area contributed by atoms with Crippen molar-refractivity contribution in [2.24, 2.45) is 0 Å². The average Bonchev–Trinajstić information content (AvgIpc) is 2.28. The Balaban J connectivity index is 2.75. The molecule has 1 unspecified atom stereocenters. The van der Waals surface area contributed by atoms with Gasteiger partial charge in [-0.05, 0) is 46.9 Å². The summed E-state index contributed by atoms with van der Waals surface area (Å²) < 4.78 is 0.935. The first-order chi connectivity index (χ1) is 8.40. The molecule has 1 aromatic rings. The van der Waals surface area contributed by atoms with Crippen LogP contribution in [-0.2, 0) is 9.59 Å². The van der Waals surface area contributed by atoms with Crippen molar-refractivity contribution in [2.45, 2.75) is 12.5 Å². The summed E-state index contributed by atoms with van der Waals surface area (Å²) >= 11 is 2.07. The Labute approximate surface area is 116 Å². The second kappa shape index (κ2) is 6.34. The molecule has 0 aliphatic rings. The molecular formula is C11H10INO5. The van der Waals surface area contributed by atoms with Gasteiger partial charge >= 0.3 is 11.9 Å². The smallest absolute Gasteiger partial charge is 0.326 e. The monoisotopic (exact) mass is 363 g/mol. The zero-order valence-corrected chi connectivity index (χ0v) is 11.2. The maximum absolute atomic E-state index is 11.7. The third kappa shape index (κ3) is 4.32. The first kappa shape index (κ1) is 14.4. The maximum atomic E-state index is 11.7. The van der Waals surface area contributed by atoms with Crippen LogP contribution in [0.1, 0.15) is 16.8 Å². The largest absolute Gasteiger partial charge is 0.481 e. The number of amides is 1. The van der Waals surface area contributed by atoms with Gasteiger partial charge in [-0.25, -0.2) is 4.79 Å². The van der Waals surface area contributed by atoms with E-state index in [1.54, 1.807) is 12.1 Å². The molecule has 1 aromatic carbocycles. The number of benzene rings is 1. The Bertz CT molecular complexity index is 471. The molecule has 0 bridgehead atoms. The van der Waals surface area contributed by atoms with Crippen LogP contribution in [0.15, 0.2) is 24.3 Å². The number of aliphatic carboxylic acids is 2. The summed E-state index contributed by atoms with van der Waals surface area (Å²) in [4.78, 5) is 32.9. The standard InChI is InChI=1S/C11H10INO5/c12-7-3-1-6(2-4-7)10(16)13-8(11(17)18)5-9(14)15/h1-4,8H,5H2,(H,13,16)(H,14,15)(H,17,18). The first-order valence-electron chi connectivity index (χ1n) is 4.91. The SMILES string of the molecule is O=C(O)CC(NC(=O)c1ccc(I)cc1)C(=O)O. The summed E-state index contributed by atoms with van der Waals surface area (Å²) in [5.41, 5.74) is 0.284. The Kier molecular flexibility index (Phi) is 5.08. The Hall–Kier alpha value is -1.64. The summed E-state index contributed by atoms with van der Waals surface area (Å²) in [7, 11) is 0. The lowest BCUT2D eigenvalue weighted by Gasteiger charge is -2.12. The van der Waals surface area contributed by atoms with E-state index in [1.807, 2.05) is 0 Å². The number of hydrogen-bond acceptors (Lipinski definition) is 3. The van der Waals surface area contributed by atoms with Crippen LogP contribution in [0.4, 0.5) is 0 Å². The Morgan fingerprint density at radius 3 is 2.17 bits per heavy atom. The highest BCUT2D eigenvalue weighted by molar-refractivity contribution is 14.1. The number of halogens is 1. The Morgan fingerprint density at radius 2 is 1.72 bits per heavy atom. The molecule has 1 amide bonds. The van der Waals surface area contributed by atoms with Crippen LogP contribution in [0.2, 0.25) is 0 Å². The van der Waals surface area contributed by atoms with Crippen molar-refractivity contribution in [1.29, 1.82) is 0 Å². The van der Waals surface area contributed by atoms with Crippen molar-refractivity contribution in [3.63, 3.8) is 0 Å². The molecule has 0 saturated heterocycles. The van der Waals surface area contributed by atoms with Crippen LogP contribution in [0.25, 0.3) is 0 Å². The molecule has 0 spiro atoms. The fourth-order valence-electron chi connectivity index (χ4n) is 1.22. The van der Waals surface area contributed by atoms with E-state index in [2.05, 4.69) is 27.9 Å². The van der Waals surface area contributed by atoms with Crippen molar-refractivity contribution >= 4 is 40.4 Å². The van der Waals surface area contributed by atoms with Crippen molar-refractivity contribution in [3.05, 3.63) is 33.4 Å². The van der Waals surface area contributed by atoms with Gasteiger partial charge < -0.3 is 15.5 Å². The molecule has 3 N–H and O–H groups in total. The zero-order chi connectivity index (χ0) is 13.7. The third-order valence-corrected chi connectivity index (χ3v) is 2.81. The molecule has 0 aromatic heterocycles. The molecule has 0 saturated carbocycles. The minimum atomic E-state index is -1.44. The molecule has 0 radical (unpaired) electrons. The van der Waals surface area contributed by atoms with Gasteiger partial charge in [0.25, 0.3) is 5.91 Å². The number of carbonyl (C=O) groups excluding carboxylic acids is 1. The number of nitrogens with one attached hydrogen (secondary N) is 1. The molecule has 0 aliphatic heterocycles. The molecule has 0 fully saturated rings. The molecular weight excluding hydrogens is 353 g/mol. The predicted molar refractivity (Wildman–Crippen MR) is 70.3 cm³/mol. The van der Waals surface area contributed by atoms with Gasteiger partial charge in [-0.1, -0.05) is 0 Å². The highest BCUT2D eigenvalue weighted by atomic mass is 127. The van der Waals surface area contributed by atoms with Gasteiger partial charge in [0.05, 0.1) is 6.42 Å². The topological polar surface area (TPSA) is 104 Å². The van der Waals surface area contributed by atoms with Crippen molar-refractivity contribution in [3.8, 4) is 0 Å². The van der Waals surface area contributed by atoms with Crippen LogP contribution in [-0.4, -0.2) is 34.1 Å². The second-order valence-corrected chi connectivity index (χ2v) is 4.71. The minimum absolute atomic E-state index is 0.284. The van der Waals surface area contributed by atoms with Gasteiger partial charge in [0, 0.05) is 9.13 Å². The molecule has 0 aliphatic carbocycles. The van der Waals surface area contributed by atoms with E-state index in [0.29, 0.717) is 0 Å². The van der Waals surface area contributed by atoms with Gasteiger partial charge in [0.2, 0.25) is 0 Å². The van der Waals surface area contributed by atoms with E-state index in [4.69, 9.17) is 10.2 Å². The van der Waals surface area contributed by atoms with E-state index in [1.165, 1.54) is 12.1 Å². The predicted octanol–water partition coefficient (Wildman–Crippen LogP) is 0.949. The van der Waals surface area contributed by atoms with Gasteiger partial charge in [-0.2, -0.15) is 0 Å². The molecule has 1 rings (SSSR count). The number of carboxylic acid groups (broad SMARTS) is 2. The fourth-order valence-corrected chi connectivity index (χ4v) is 1.58. The first-order valence-corrected chi connectivity index (χ1v) is 5.99. The summed E-state index contributed by atoms with van der Waals surface area (Å²) in [6.45, 7) is 0. The summed E-state index contributed by atoms with van der Waals surface area (Å²) in [5, 5.41) is 19.5. The zero-order valence-electron chi connectivity index (χ0n) is 9.09. The number of carboxylic acids is 2. The van der Waals surface area contributed by atoms with E-state index >= 15 is 0 Å². The van der Waals surface area contributed by atoms with Crippen LogP contribution >= 0.6 is 22.6 Å². The van der Waals surface area contributed by atoms with Crippen LogP contribution in [0.3, 0.4) is 0 Å². The van der Waals surface area contributed by atoms with Gasteiger partial charge in [-0.3, -0.25) is 9.59 Å².